The largest absolute Gasteiger partial charge is 0.273 e. The molecule has 0 spiro atoms. The van der Waals surface area contributed by atoms with Crippen LogP contribution in [-0.2, 0) is 4.79 Å². The number of nitriles is 1. The SMILES string of the molecule is CN(C#N)C(=O)C1CCCCC1. The summed E-state index contributed by atoms with van der Waals surface area (Å²) in [6.07, 6.45) is 7.28. The normalized spacial score (nSPS) is 18.3. The van der Waals surface area contributed by atoms with Gasteiger partial charge in [0.05, 0.1) is 0 Å². The zero-order chi connectivity index (χ0) is 8.97. The van der Waals surface area contributed by atoms with Crippen molar-refractivity contribution < 1.29 is 4.79 Å². The second kappa shape index (κ2) is 4.10. The van der Waals surface area contributed by atoms with Crippen molar-refractivity contribution in [3.63, 3.8) is 0 Å². The van der Waals surface area contributed by atoms with Crippen LogP contribution < -0.4 is 0 Å². The molecule has 3 nitrogen and oxygen atoms in total. The van der Waals surface area contributed by atoms with Crippen molar-refractivity contribution in [2.45, 2.75) is 32.1 Å². The Balaban J connectivity index is 2.46. The first-order valence-corrected chi connectivity index (χ1v) is 4.43. The van der Waals surface area contributed by atoms with E-state index in [2.05, 4.69) is 0 Å². The third-order valence-corrected chi connectivity index (χ3v) is 2.43. The first-order chi connectivity index (χ1) is 5.75. The lowest BCUT2D eigenvalue weighted by Crippen LogP contribution is -2.30. The maximum atomic E-state index is 11.4. The summed E-state index contributed by atoms with van der Waals surface area (Å²) < 4.78 is 0. The molecule has 12 heavy (non-hydrogen) atoms. The van der Waals surface area contributed by atoms with Crippen molar-refractivity contribution in [1.82, 2.24) is 4.90 Å². The highest BCUT2D eigenvalue weighted by molar-refractivity contribution is 5.79. The quantitative estimate of drug-likeness (QED) is 0.437. The Hall–Kier alpha value is -1.04. The highest BCUT2D eigenvalue weighted by atomic mass is 16.2. The maximum Gasteiger partial charge on any atom is 0.238 e. The van der Waals surface area contributed by atoms with Gasteiger partial charge in [-0.15, -0.1) is 0 Å². The van der Waals surface area contributed by atoms with E-state index in [1.165, 1.54) is 13.5 Å². The van der Waals surface area contributed by atoms with Crippen LogP contribution in [0.5, 0.6) is 0 Å². The van der Waals surface area contributed by atoms with Gasteiger partial charge in [-0.1, -0.05) is 19.3 Å². The minimum atomic E-state index is -0.00259. The summed E-state index contributed by atoms with van der Waals surface area (Å²) in [7, 11) is 1.54. The van der Waals surface area contributed by atoms with Gasteiger partial charge in [-0.3, -0.25) is 9.69 Å². The summed E-state index contributed by atoms with van der Waals surface area (Å²) >= 11 is 0. The van der Waals surface area contributed by atoms with E-state index >= 15 is 0 Å². The van der Waals surface area contributed by atoms with Gasteiger partial charge in [0.25, 0.3) is 0 Å². The van der Waals surface area contributed by atoms with Gasteiger partial charge in [0.1, 0.15) is 0 Å². The minimum Gasteiger partial charge on any atom is -0.273 e. The number of carbonyl (C=O) groups excluding carboxylic acids is 1. The van der Waals surface area contributed by atoms with Crippen LogP contribution in [0, 0.1) is 17.4 Å². The van der Waals surface area contributed by atoms with Gasteiger partial charge in [0.2, 0.25) is 5.91 Å². The fourth-order valence-corrected chi connectivity index (χ4v) is 1.67. The number of hydrogen-bond donors (Lipinski definition) is 0. The monoisotopic (exact) mass is 166 g/mol. The standard InChI is InChI=1S/C9H14N2O/c1-11(7-10)9(12)8-5-3-2-4-6-8/h8H,2-6H2,1H3. The van der Waals surface area contributed by atoms with E-state index in [4.69, 9.17) is 5.26 Å². The second-order valence-electron chi connectivity index (χ2n) is 3.33. The molecule has 1 fully saturated rings. The molecule has 0 heterocycles. The van der Waals surface area contributed by atoms with E-state index in [-0.39, 0.29) is 11.8 Å². The summed E-state index contributed by atoms with van der Waals surface area (Å²) in [5, 5.41) is 8.49. The van der Waals surface area contributed by atoms with Crippen molar-refractivity contribution in [1.29, 1.82) is 5.26 Å². The van der Waals surface area contributed by atoms with Crippen molar-refractivity contribution in [3.05, 3.63) is 0 Å². The highest BCUT2D eigenvalue weighted by Crippen LogP contribution is 2.24. The third kappa shape index (κ3) is 1.97. The number of nitrogens with zero attached hydrogens (tertiary/aromatic N) is 2. The van der Waals surface area contributed by atoms with Crippen LogP contribution in [0.2, 0.25) is 0 Å². The Kier molecular flexibility index (Phi) is 3.09. The Morgan fingerprint density at radius 1 is 1.42 bits per heavy atom. The molecule has 1 saturated carbocycles. The molecule has 1 amide bonds. The zero-order valence-electron chi connectivity index (χ0n) is 7.42. The van der Waals surface area contributed by atoms with Crippen molar-refractivity contribution in [3.8, 4) is 6.19 Å². The zero-order valence-corrected chi connectivity index (χ0v) is 7.42. The summed E-state index contributed by atoms with van der Waals surface area (Å²) in [6.45, 7) is 0. The molecule has 3 heteroatoms. The second-order valence-corrected chi connectivity index (χ2v) is 3.33. The van der Waals surface area contributed by atoms with Gasteiger partial charge < -0.3 is 0 Å². The lowest BCUT2D eigenvalue weighted by Gasteiger charge is -2.21. The Bertz CT molecular complexity index is 201. The van der Waals surface area contributed by atoms with Crippen molar-refractivity contribution >= 4 is 5.91 Å². The summed E-state index contributed by atoms with van der Waals surface area (Å²) in [4.78, 5) is 12.6. The molecule has 0 aromatic heterocycles. The predicted molar refractivity (Wildman–Crippen MR) is 45.0 cm³/mol. The summed E-state index contributed by atoms with van der Waals surface area (Å²) in [6, 6.07) is 0. The van der Waals surface area contributed by atoms with Gasteiger partial charge in [-0.05, 0) is 12.8 Å². The Labute approximate surface area is 73.0 Å². The van der Waals surface area contributed by atoms with E-state index < -0.39 is 0 Å². The van der Waals surface area contributed by atoms with Crippen LogP contribution in [0.4, 0.5) is 0 Å². The van der Waals surface area contributed by atoms with Gasteiger partial charge in [-0.25, -0.2) is 0 Å². The molecule has 1 aliphatic carbocycles. The lowest BCUT2D eigenvalue weighted by atomic mass is 9.88. The molecule has 0 radical (unpaired) electrons. The summed E-state index contributed by atoms with van der Waals surface area (Å²) in [5.74, 6) is 0.112. The lowest BCUT2D eigenvalue weighted by molar-refractivity contribution is -0.132. The Morgan fingerprint density at radius 2 is 2.00 bits per heavy atom. The number of amides is 1. The van der Waals surface area contributed by atoms with Gasteiger partial charge >= 0.3 is 0 Å². The molecule has 1 aliphatic rings. The molecule has 0 atom stereocenters. The van der Waals surface area contributed by atoms with E-state index in [1.807, 2.05) is 6.19 Å². The molecule has 0 aromatic carbocycles. The average molecular weight is 166 g/mol. The maximum absolute atomic E-state index is 11.4. The fraction of sp³-hybridized carbons (Fsp3) is 0.778. The van der Waals surface area contributed by atoms with Gasteiger partial charge in [0, 0.05) is 13.0 Å². The van der Waals surface area contributed by atoms with Crippen LogP contribution in [0.25, 0.3) is 0 Å². The fourth-order valence-electron chi connectivity index (χ4n) is 1.67. The van der Waals surface area contributed by atoms with E-state index in [0.717, 1.165) is 30.6 Å². The molecule has 0 aromatic rings. The smallest absolute Gasteiger partial charge is 0.238 e. The molecule has 0 N–H and O–H groups in total. The molecule has 0 aliphatic heterocycles. The average Bonchev–Trinajstić information content (AvgIpc) is 2.17. The van der Waals surface area contributed by atoms with Crippen molar-refractivity contribution in [2.24, 2.45) is 5.92 Å². The van der Waals surface area contributed by atoms with Crippen LogP contribution >= 0.6 is 0 Å². The number of rotatable bonds is 1. The number of hydrogen-bond acceptors (Lipinski definition) is 2. The van der Waals surface area contributed by atoms with Gasteiger partial charge in [-0.2, -0.15) is 5.26 Å². The van der Waals surface area contributed by atoms with Crippen LogP contribution in [0.3, 0.4) is 0 Å². The van der Waals surface area contributed by atoms with Crippen LogP contribution in [0.1, 0.15) is 32.1 Å². The van der Waals surface area contributed by atoms with Crippen molar-refractivity contribution in [2.75, 3.05) is 7.05 Å². The molecule has 1 rings (SSSR count). The summed E-state index contributed by atoms with van der Waals surface area (Å²) in [5.41, 5.74) is 0. The van der Waals surface area contributed by atoms with E-state index in [1.54, 1.807) is 0 Å². The molecule has 0 saturated heterocycles. The number of carbonyl (C=O) groups is 1. The third-order valence-electron chi connectivity index (χ3n) is 2.43. The van der Waals surface area contributed by atoms with Crippen LogP contribution in [0.15, 0.2) is 0 Å². The molecule has 66 valence electrons. The molecule has 0 bridgehead atoms. The van der Waals surface area contributed by atoms with E-state index in [9.17, 15) is 4.79 Å². The first-order valence-electron chi connectivity index (χ1n) is 4.43. The first kappa shape index (κ1) is 9.05. The topological polar surface area (TPSA) is 44.1 Å². The minimum absolute atomic E-state index is 0.00259. The highest BCUT2D eigenvalue weighted by Gasteiger charge is 2.23. The molecular weight excluding hydrogens is 152 g/mol. The predicted octanol–water partition coefficient (Wildman–Crippen LogP) is 1.51. The van der Waals surface area contributed by atoms with E-state index in [0.29, 0.717) is 0 Å². The Morgan fingerprint density at radius 3 is 2.50 bits per heavy atom. The van der Waals surface area contributed by atoms with Gasteiger partial charge in [0.15, 0.2) is 6.19 Å². The van der Waals surface area contributed by atoms with Crippen LogP contribution in [-0.4, -0.2) is 17.9 Å². The molecule has 0 unspecified atom stereocenters. The molecular formula is C9H14N2O.